The van der Waals surface area contributed by atoms with Crippen LogP contribution in [0.4, 0.5) is 0 Å². The van der Waals surface area contributed by atoms with Gasteiger partial charge in [-0.25, -0.2) is 4.98 Å². The number of aromatic nitrogens is 1. The number of Topliss-reactive ketones (excluding diaryl/α,β-unsaturated/α-hetero) is 1. The number of benzene rings is 1. The lowest BCUT2D eigenvalue weighted by atomic mass is 10.1. The molecule has 0 radical (unpaired) electrons. The van der Waals surface area contributed by atoms with Gasteiger partial charge in [0, 0.05) is 24.0 Å². The van der Waals surface area contributed by atoms with E-state index in [1.807, 2.05) is 42.8 Å². The first kappa shape index (κ1) is 14.4. The van der Waals surface area contributed by atoms with Crippen LogP contribution in [0.5, 0.6) is 0 Å². The third-order valence-corrected chi connectivity index (χ3v) is 4.42. The highest BCUT2D eigenvalue weighted by atomic mass is 32.1. The fourth-order valence-corrected chi connectivity index (χ4v) is 3.18. The van der Waals surface area contributed by atoms with Crippen molar-refractivity contribution < 1.29 is 9.53 Å². The van der Waals surface area contributed by atoms with Gasteiger partial charge in [0.15, 0.2) is 5.78 Å². The molecule has 110 valence electrons. The molecule has 2 heterocycles. The van der Waals surface area contributed by atoms with E-state index in [0.29, 0.717) is 19.6 Å². The van der Waals surface area contributed by atoms with Crippen molar-refractivity contribution >= 4 is 17.1 Å². The highest BCUT2D eigenvalue weighted by Crippen LogP contribution is 2.22. The number of nitrogens with zero attached hydrogens (tertiary/aromatic N) is 2. The van der Waals surface area contributed by atoms with Crippen LogP contribution in [0.15, 0.2) is 35.7 Å². The molecule has 0 N–H and O–H groups in total. The highest BCUT2D eigenvalue weighted by Gasteiger charge is 2.25. The van der Waals surface area contributed by atoms with Crippen LogP contribution in [-0.2, 0) is 16.0 Å². The van der Waals surface area contributed by atoms with Crippen LogP contribution in [0.1, 0.15) is 5.01 Å². The molecule has 0 amide bonds. The Labute approximate surface area is 128 Å². The molecule has 5 heteroatoms. The standard InChI is InChI=1S/C16H18N2O2S/c1-18-7-8-20-15(10-18)14(19)9-16-17-13(11-21-16)12-5-3-2-4-6-12/h2-6,11,15H,7-10H2,1H3. The van der Waals surface area contributed by atoms with Gasteiger partial charge in [0.1, 0.15) is 11.1 Å². The van der Waals surface area contributed by atoms with E-state index >= 15 is 0 Å². The average Bonchev–Trinajstić information content (AvgIpc) is 2.97. The van der Waals surface area contributed by atoms with Gasteiger partial charge in [-0.05, 0) is 7.05 Å². The molecule has 0 saturated carbocycles. The number of ether oxygens (including phenoxy) is 1. The second-order valence-corrected chi connectivity index (χ2v) is 6.20. The number of carbonyl (C=O) groups excluding carboxylic acids is 1. The van der Waals surface area contributed by atoms with Gasteiger partial charge in [-0.15, -0.1) is 11.3 Å². The zero-order valence-electron chi connectivity index (χ0n) is 12.0. The molecule has 0 spiro atoms. The molecule has 1 atom stereocenters. The Balaban J connectivity index is 1.66. The van der Waals surface area contributed by atoms with E-state index in [2.05, 4.69) is 9.88 Å². The van der Waals surface area contributed by atoms with E-state index in [4.69, 9.17) is 4.74 Å². The Bertz CT molecular complexity index is 612. The molecule has 3 rings (SSSR count). The molecule has 1 aliphatic heterocycles. The Hall–Kier alpha value is -1.56. The van der Waals surface area contributed by atoms with Gasteiger partial charge >= 0.3 is 0 Å². The first-order chi connectivity index (χ1) is 10.2. The molecule has 0 bridgehead atoms. The summed E-state index contributed by atoms with van der Waals surface area (Å²) in [5.74, 6) is 0.121. The zero-order valence-corrected chi connectivity index (χ0v) is 12.8. The third-order valence-electron chi connectivity index (χ3n) is 3.58. The van der Waals surface area contributed by atoms with Crippen LogP contribution in [0.2, 0.25) is 0 Å². The van der Waals surface area contributed by atoms with Crippen molar-refractivity contribution in [2.24, 2.45) is 0 Å². The largest absolute Gasteiger partial charge is 0.368 e. The number of hydrogen-bond donors (Lipinski definition) is 0. The first-order valence-electron chi connectivity index (χ1n) is 7.05. The number of morpholine rings is 1. The SMILES string of the molecule is CN1CCOC(C(=O)Cc2nc(-c3ccccc3)cs2)C1. The maximum atomic E-state index is 12.3. The molecular formula is C16H18N2O2S. The van der Waals surface area contributed by atoms with Gasteiger partial charge in [0.2, 0.25) is 0 Å². The molecule has 1 aromatic carbocycles. The van der Waals surface area contributed by atoms with Crippen LogP contribution in [0.3, 0.4) is 0 Å². The van der Waals surface area contributed by atoms with Crippen molar-refractivity contribution in [2.45, 2.75) is 12.5 Å². The monoisotopic (exact) mass is 302 g/mol. The van der Waals surface area contributed by atoms with Gasteiger partial charge in [0.25, 0.3) is 0 Å². The maximum Gasteiger partial charge on any atom is 0.169 e. The van der Waals surface area contributed by atoms with E-state index in [1.165, 1.54) is 11.3 Å². The van der Waals surface area contributed by atoms with Gasteiger partial charge in [-0.3, -0.25) is 4.79 Å². The number of rotatable bonds is 4. The van der Waals surface area contributed by atoms with Crippen molar-refractivity contribution in [1.29, 1.82) is 0 Å². The Morgan fingerprint density at radius 3 is 3.00 bits per heavy atom. The van der Waals surface area contributed by atoms with E-state index in [-0.39, 0.29) is 11.9 Å². The molecule has 1 saturated heterocycles. The zero-order chi connectivity index (χ0) is 14.7. The fraction of sp³-hybridized carbons (Fsp3) is 0.375. The van der Waals surface area contributed by atoms with Crippen LogP contribution in [-0.4, -0.2) is 48.5 Å². The summed E-state index contributed by atoms with van der Waals surface area (Å²) in [6, 6.07) is 10.0. The van der Waals surface area contributed by atoms with Crippen LogP contribution in [0, 0.1) is 0 Å². The summed E-state index contributed by atoms with van der Waals surface area (Å²) < 4.78 is 5.56. The predicted molar refractivity (Wildman–Crippen MR) is 83.5 cm³/mol. The van der Waals surface area contributed by atoms with Gasteiger partial charge in [-0.1, -0.05) is 30.3 Å². The Morgan fingerprint density at radius 1 is 1.43 bits per heavy atom. The molecule has 1 aliphatic rings. The molecule has 2 aromatic rings. The second kappa shape index (κ2) is 6.47. The fourth-order valence-electron chi connectivity index (χ4n) is 2.37. The second-order valence-electron chi connectivity index (χ2n) is 5.26. The van der Waals surface area contributed by atoms with Gasteiger partial charge < -0.3 is 9.64 Å². The van der Waals surface area contributed by atoms with Crippen LogP contribution < -0.4 is 0 Å². The summed E-state index contributed by atoms with van der Waals surface area (Å²) in [5, 5.41) is 2.86. The number of hydrogen-bond acceptors (Lipinski definition) is 5. The van der Waals surface area contributed by atoms with Crippen molar-refractivity contribution in [3.8, 4) is 11.3 Å². The van der Waals surface area contributed by atoms with Crippen molar-refractivity contribution in [2.75, 3.05) is 26.7 Å². The number of thiazole rings is 1. The number of likely N-dealkylation sites (N-methyl/N-ethyl adjacent to an activating group) is 1. The van der Waals surface area contributed by atoms with Gasteiger partial charge in [-0.2, -0.15) is 0 Å². The smallest absolute Gasteiger partial charge is 0.169 e. The summed E-state index contributed by atoms with van der Waals surface area (Å²) in [5.41, 5.74) is 2.02. The van der Waals surface area contributed by atoms with Crippen molar-refractivity contribution in [1.82, 2.24) is 9.88 Å². The highest BCUT2D eigenvalue weighted by molar-refractivity contribution is 7.10. The Morgan fingerprint density at radius 2 is 2.24 bits per heavy atom. The quantitative estimate of drug-likeness (QED) is 0.869. The maximum absolute atomic E-state index is 12.3. The molecule has 1 fully saturated rings. The summed E-state index contributed by atoms with van der Waals surface area (Å²) in [6.07, 6.45) is 0.0450. The molecule has 4 nitrogen and oxygen atoms in total. The minimum absolute atomic E-state index is 0.121. The summed E-state index contributed by atoms with van der Waals surface area (Å²) in [7, 11) is 2.01. The predicted octanol–water partition coefficient (Wildman–Crippen LogP) is 2.25. The average molecular weight is 302 g/mol. The molecule has 0 aliphatic carbocycles. The molecule has 21 heavy (non-hydrogen) atoms. The summed E-state index contributed by atoms with van der Waals surface area (Å²) in [4.78, 5) is 19.0. The molecule has 1 aromatic heterocycles. The minimum Gasteiger partial charge on any atom is -0.368 e. The first-order valence-corrected chi connectivity index (χ1v) is 7.93. The van der Waals surface area contributed by atoms with E-state index in [0.717, 1.165) is 22.8 Å². The lowest BCUT2D eigenvalue weighted by Crippen LogP contribution is -2.44. The van der Waals surface area contributed by atoms with Crippen molar-refractivity contribution in [3.05, 3.63) is 40.7 Å². The van der Waals surface area contributed by atoms with E-state index < -0.39 is 0 Å². The van der Waals surface area contributed by atoms with Crippen LogP contribution >= 0.6 is 11.3 Å². The third kappa shape index (κ3) is 3.56. The van der Waals surface area contributed by atoms with Gasteiger partial charge in [0.05, 0.1) is 18.7 Å². The Kier molecular flexibility index (Phi) is 4.43. The van der Waals surface area contributed by atoms with Crippen molar-refractivity contribution in [3.63, 3.8) is 0 Å². The summed E-state index contributed by atoms with van der Waals surface area (Å²) >= 11 is 1.54. The van der Waals surface area contributed by atoms with E-state index in [9.17, 15) is 4.79 Å². The summed E-state index contributed by atoms with van der Waals surface area (Å²) in [6.45, 7) is 2.19. The minimum atomic E-state index is -0.312. The number of carbonyl (C=O) groups is 1. The number of ketones is 1. The lowest BCUT2D eigenvalue weighted by molar-refractivity contribution is -0.134. The topological polar surface area (TPSA) is 42.4 Å². The van der Waals surface area contributed by atoms with Crippen LogP contribution in [0.25, 0.3) is 11.3 Å². The molecule has 1 unspecified atom stereocenters. The molecular weight excluding hydrogens is 284 g/mol. The van der Waals surface area contributed by atoms with E-state index in [1.54, 1.807) is 0 Å². The normalized spacial score (nSPS) is 19.6. The lowest BCUT2D eigenvalue weighted by Gasteiger charge is -2.28.